The molecule has 0 saturated heterocycles. The van der Waals surface area contributed by atoms with Crippen molar-refractivity contribution < 1.29 is 19.1 Å². The number of benzene rings is 1. The molecule has 4 nitrogen and oxygen atoms in total. The summed E-state index contributed by atoms with van der Waals surface area (Å²) in [6.45, 7) is 10.4. The van der Waals surface area contributed by atoms with E-state index in [1.807, 2.05) is 30.3 Å². The topological polar surface area (TPSA) is 52.6 Å². The fraction of sp³-hybridized carbons (Fsp3) is 0.444. The predicted octanol–water partition coefficient (Wildman–Crippen LogP) is 3.44. The van der Waals surface area contributed by atoms with Crippen molar-refractivity contribution in [2.75, 3.05) is 13.2 Å². The zero-order chi connectivity index (χ0) is 17.3. The number of esters is 2. The van der Waals surface area contributed by atoms with E-state index in [1.54, 1.807) is 13.8 Å². The highest BCUT2D eigenvalue weighted by Gasteiger charge is 2.70. The predicted molar refractivity (Wildman–Crippen MR) is 92.4 cm³/mol. The number of hydrogen-bond donors (Lipinski definition) is 0. The van der Waals surface area contributed by atoms with Crippen LogP contribution in [0.4, 0.5) is 0 Å². The van der Waals surface area contributed by atoms with Crippen LogP contribution in [0.1, 0.15) is 19.4 Å². The van der Waals surface area contributed by atoms with Gasteiger partial charge >= 0.3 is 11.9 Å². The summed E-state index contributed by atoms with van der Waals surface area (Å²) in [5.41, 5.74) is 0.345. The van der Waals surface area contributed by atoms with Crippen LogP contribution in [0.15, 0.2) is 35.5 Å². The molecule has 1 aromatic carbocycles. The average molecular weight is 332 g/mol. The van der Waals surface area contributed by atoms with Gasteiger partial charge in [0.25, 0.3) is 0 Å². The second kappa shape index (κ2) is 6.32. The third-order valence-electron chi connectivity index (χ3n) is 3.91. The lowest BCUT2D eigenvalue weighted by molar-refractivity contribution is -0.161. The molecule has 0 N–H and O–H groups in total. The molecular formula is C18H24O4Si. The third-order valence-corrected chi connectivity index (χ3v) is 6.04. The standard InChI is InChI=1S/C18H24O4Si/c1-6-21-16(19)18(17(20)22-7-2)14(15(18)23(3,4)5)13-11-9-8-10-12-13/h8-12H,6-7H2,1-5H3. The van der Waals surface area contributed by atoms with Gasteiger partial charge in [0.1, 0.15) is 0 Å². The molecule has 0 aliphatic heterocycles. The van der Waals surface area contributed by atoms with E-state index in [0.717, 1.165) is 16.3 Å². The summed E-state index contributed by atoms with van der Waals surface area (Å²) in [5, 5.41) is 0.924. The van der Waals surface area contributed by atoms with E-state index in [2.05, 4.69) is 19.6 Å². The Morgan fingerprint density at radius 1 is 0.957 bits per heavy atom. The van der Waals surface area contributed by atoms with E-state index in [-0.39, 0.29) is 13.2 Å². The molecule has 0 atom stereocenters. The van der Waals surface area contributed by atoms with Crippen LogP contribution in [0.25, 0.3) is 5.57 Å². The summed E-state index contributed by atoms with van der Waals surface area (Å²) in [6, 6.07) is 9.58. The van der Waals surface area contributed by atoms with Crippen molar-refractivity contribution in [3.63, 3.8) is 0 Å². The molecule has 0 bridgehead atoms. The van der Waals surface area contributed by atoms with Crippen LogP contribution in [0.3, 0.4) is 0 Å². The van der Waals surface area contributed by atoms with Gasteiger partial charge < -0.3 is 9.47 Å². The Hall–Kier alpha value is -1.88. The van der Waals surface area contributed by atoms with E-state index in [9.17, 15) is 9.59 Å². The van der Waals surface area contributed by atoms with Crippen molar-refractivity contribution in [2.24, 2.45) is 5.41 Å². The molecule has 124 valence electrons. The maximum absolute atomic E-state index is 12.7. The van der Waals surface area contributed by atoms with Crippen LogP contribution in [0.5, 0.6) is 0 Å². The SMILES string of the molecule is CCOC(=O)C1(C(=O)OCC)C(c2ccccc2)=C1[Si](C)(C)C. The van der Waals surface area contributed by atoms with Gasteiger partial charge in [-0.05, 0) is 30.2 Å². The van der Waals surface area contributed by atoms with Crippen molar-refractivity contribution in [3.8, 4) is 0 Å². The lowest BCUT2D eigenvalue weighted by atomic mass is 9.96. The molecule has 1 aliphatic carbocycles. The Morgan fingerprint density at radius 3 is 1.83 bits per heavy atom. The van der Waals surface area contributed by atoms with Gasteiger partial charge in [0.05, 0.1) is 21.3 Å². The molecule has 1 aliphatic rings. The minimum Gasteiger partial charge on any atom is -0.465 e. The molecule has 23 heavy (non-hydrogen) atoms. The molecule has 5 heteroatoms. The molecule has 0 radical (unpaired) electrons. The molecule has 0 unspecified atom stereocenters. The third kappa shape index (κ3) is 2.85. The van der Waals surface area contributed by atoms with Crippen LogP contribution < -0.4 is 0 Å². The Balaban J connectivity index is 2.58. The number of carbonyl (C=O) groups excluding carboxylic acids is 2. The van der Waals surface area contributed by atoms with Crippen LogP contribution in [0, 0.1) is 5.41 Å². The molecule has 0 spiro atoms. The first-order valence-electron chi connectivity index (χ1n) is 7.97. The van der Waals surface area contributed by atoms with Crippen LogP contribution in [-0.2, 0) is 19.1 Å². The lowest BCUT2D eigenvalue weighted by Crippen LogP contribution is -2.38. The Labute approximate surface area is 138 Å². The summed E-state index contributed by atoms with van der Waals surface area (Å²) < 4.78 is 10.5. The van der Waals surface area contributed by atoms with Crippen LogP contribution in [-0.4, -0.2) is 33.2 Å². The van der Waals surface area contributed by atoms with Gasteiger partial charge in [-0.25, -0.2) is 0 Å². The largest absolute Gasteiger partial charge is 0.465 e. The fourth-order valence-electron chi connectivity index (χ4n) is 3.15. The highest BCUT2D eigenvalue weighted by Crippen LogP contribution is 2.63. The molecule has 0 saturated carbocycles. The van der Waals surface area contributed by atoms with Crippen LogP contribution in [0.2, 0.25) is 19.6 Å². The maximum Gasteiger partial charge on any atom is 0.331 e. The summed E-state index contributed by atoms with van der Waals surface area (Å²) >= 11 is 0. The first kappa shape index (κ1) is 17.5. The molecule has 2 rings (SSSR count). The normalized spacial score (nSPS) is 16.0. The first-order chi connectivity index (χ1) is 10.8. The van der Waals surface area contributed by atoms with Gasteiger partial charge in [-0.15, -0.1) is 0 Å². The highest BCUT2D eigenvalue weighted by molar-refractivity contribution is 6.87. The fourth-order valence-corrected chi connectivity index (χ4v) is 5.63. The minimum atomic E-state index is -1.91. The summed E-state index contributed by atoms with van der Waals surface area (Å²) in [4.78, 5) is 25.5. The van der Waals surface area contributed by atoms with Crippen molar-refractivity contribution in [3.05, 3.63) is 41.1 Å². The Bertz CT molecular complexity index is 623. The Morgan fingerprint density at radius 2 is 1.43 bits per heavy atom. The van der Waals surface area contributed by atoms with E-state index in [0.29, 0.717) is 0 Å². The van der Waals surface area contributed by atoms with Crippen molar-refractivity contribution in [1.29, 1.82) is 0 Å². The van der Waals surface area contributed by atoms with Crippen molar-refractivity contribution in [1.82, 2.24) is 0 Å². The second-order valence-electron chi connectivity index (χ2n) is 6.56. The summed E-state index contributed by atoms with van der Waals surface area (Å²) in [6.07, 6.45) is 0. The van der Waals surface area contributed by atoms with Gasteiger partial charge in [0, 0.05) is 0 Å². The van der Waals surface area contributed by atoms with E-state index in [1.165, 1.54) is 0 Å². The van der Waals surface area contributed by atoms with Gasteiger partial charge in [-0.2, -0.15) is 0 Å². The molecule has 0 heterocycles. The number of rotatable bonds is 6. The first-order valence-corrected chi connectivity index (χ1v) is 11.5. The number of ether oxygens (including phenoxy) is 2. The Kier molecular flexibility index (Phi) is 4.80. The van der Waals surface area contributed by atoms with Crippen LogP contribution >= 0.6 is 0 Å². The lowest BCUT2D eigenvalue weighted by Gasteiger charge is -2.21. The van der Waals surface area contributed by atoms with E-state index in [4.69, 9.17) is 9.47 Å². The van der Waals surface area contributed by atoms with Crippen molar-refractivity contribution >= 4 is 25.6 Å². The molecule has 0 amide bonds. The number of carbonyl (C=O) groups is 2. The van der Waals surface area contributed by atoms with E-state index >= 15 is 0 Å². The quantitative estimate of drug-likeness (QED) is 0.455. The van der Waals surface area contributed by atoms with Crippen molar-refractivity contribution in [2.45, 2.75) is 33.5 Å². The van der Waals surface area contributed by atoms with Gasteiger partial charge in [0.2, 0.25) is 5.41 Å². The molecule has 0 aromatic heterocycles. The van der Waals surface area contributed by atoms with E-state index < -0.39 is 25.4 Å². The van der Waals surface area contributed by atoms with Gasteiger partial charge in [0.15, 0.2) is 0 Å². The average Bonchev–Trinajstić information content (AvgIpc) is 3.20. The summed E-state index contributed by atoms with van der Waals surface area (Å²) in [7, 11) is -1.91. The maximum atomic E-state index is 12.7. The van der Waals surface area contributed by atoms with Gasteiger partial charge in [-0.1, -0.05) is 50.0 Å². The zero-order valence-corrected chi connectivity index (χ0v) is 15.4. The highest BCUT2D eigenvalue weighted by atomic mass is 28.3. The monoisotopic (exact) mass is 332 g/mol. The zero-order valence-electron chi connectivity index (χ0n) is 14.4. The van der Waals surface area contributed by atoms with Gasteiger partial charge in [-0.3, -0.25) is 9.59 Å². The summed E-state index contributed by atoms with van der Waals surface area (Å²) in [5.74, 6) is -1.01. The number of hydrogen-bond acceptors (Lipinski definition) is 4. The molecule has 1 aromatic rings. The molecular weight excluding hydrogens is 308 g/mol. The molecule has 0 fully saturated rings. The second-order valence-corrected chi connectivity index (χ2v) is 11.6. The smallest absolute Gasteiger partial charge is 0.331 e. The minimum absolute atomic E-state index is 0.237.